The van der Waals surface area contributed by atoms with Crippen molar-refractivity contribution in [1.82, 2.24) is 4.90 Å². The second kappa shape index (κ2) is 4.58. The summed E-state index contributed by atoms with van der Waals surface area (Å²) in [6.07, 6.45) is 2.85. The van der Waals surface area contributed by atoms with Crippen LogP contribution in [0.2, 0.25) is 0 Å². The van der Waals surface area contributed by atoms with Crippen LogP contribution in [-0.2, 0) is 9.53 Å². The number of ketones is 1. The van der Waals surface area contributed by atoms with Gasteiger partial charge < -0.3 is 4.74 Å². The molecule has 1 unspecified atom stereocenters. The first-order chi connectivity index (χ1) is 5.75. The monoisotopic (exact) mass is 171 g/mol. The Bertz CT molecular complexity index is 159. The number of likely N-dealkylation sites (N-methyl/N-ethyl adjacent to an activating group) is 1. The van der Waals surface area contributed by atoms with Gasteiger partial charge in [-0.15, -0.1) is 0 Å². The summed E-state index contributed by atoms with van der Waals surface area (Å²) >= 11 is 0. The summed E-state index contributed by atoms with van der Waals surface area (Å²) in [5.41, 5.74) is 0. The molecule has 12 heavy (non-hydrogen) atoms. The van der Waals surface area contributed by atoms with Gasteiger partial charge in [-0.2, -0.15) is 0 Å². The number of carbonyl (C=O) groups excluding carboxylic acids is 1. The summed E-state index contributed by atoms with van der Waals surface area (Å²) in [5, 5.41) is 0. The van der Waals surface area contributed by atoms with Crippen molar-refractivity contribution in [3.63, 3.8) is 0 Å². The second-order valence-corrected chi connectivity index (χ2v) is 3.35. The SMILES string of the molecule is COCCN(C)C1CCCC1=O. The molecule has 0 spiro atoms. The lowest BCUT2D eigenvalue weighted by Crippen LogP contribution is -2.36. The summed E-state index contributed by atoms with van der Waals surface area (Å²) in [7, 11) is 3.68. The van der Waals surface area contributed by atoms with Crippen LogP contribution in [0.25, 0.3) is 0 Å². The lowest BCUT2D eigenvalue weighted by Gasteiger charge is -2.21. The van der Waals surface area contributed by atoms with Crippen LogP contribution in [0.4, 0.5) is 0 Å². The molecule has 0 bridgehead atoms. The van der Waals surface area contributed by atoms with E-state index in [1.165, 1.54) is 0 Å². The molecule has 1 aliphatic rings. The van der Waals surface area contributed by atoms with Gasteiger partial charge in [0, 0.05) is 20.1 Å². The summed E-state index contributed by atoms with van der Waals surface area (Å²) in [4.78, 5) is 13.4. The van der Waals surface area contributed by atoms with Crippen LogP contribution >= 0.6 is 0 Å². The highest BCUT2D eigenvalue weighted by Gasteiger charge is 2.27. The fourth-order valence-electron chi connectivity index (χ4n) is 1.65. The first kappa shape index (κ1) is 9.68. The Kier molecular flexibility index (Phi) is 3.69. The van der Waals surface area contributed by atoms with Gasteiger partial charge in [0.1, 0.15) is 5.78 Å². The fourth-order valence-corrected chi connectivity index (χ4v) is 1.65. The van der Waals surface area contributed by atoms with Crippen molar-refractivity contribution in [2.75, 3.05) is 27.3 Å². The summed E-state index contributed by atoms with van der Waals surface area (Å²) < 4.78 is 4.95. The number of methoxy groups -OCH3 is 1. The molecule has 3 heteroatoms. The zero-order chi connectivity index (χ0) is 8.97. The topological polar surface area (TPSA) is 29.5 Å². The molecule has 70 valence electrons. The van der Waals surface area contributed by atoms with Crippen molar-refractivity contribution >= 4 is 5.78 Å². The molecule has 0 aromatic heterocycles. The van der Waals surface area contributed by atoms with Crippen molar-refractivity contribution in [3.8, 4) is 0 Å². The number of rotatable bonds is 4. The molecular formula is C9H17NO2. The Morgan fingerprint density at radius 3 is 2.92 bits per heavy atom. The van der Waals surface area contributed by atoms with Gasteiger partial charge in [0.15, 0.2) is 0 Å². The highest BCUT2D eigenvalue weighted by atomic mass is 16.5. The average molecular weight is 171 g/mol. The van der Waals surface area contributed by atoms with Gasteiger partial charge in [0.2, 0.25) is 0 Å². The van der Waals surface area contributed by atoms with Crippen molar-refractivity contribution < 1.29 is 9.53 Å². The molecule has 0 aromatic carbocycles. The molecule has 1 atom stereocenters. The fraction of sp³-hybridized carbons (Fsp3) is 0.889. The smallest absolute Gasteiger partial charge is 0.149 e. The van der Waals surface area contributed by atoms with Gasteiger partial charge in [-0.3, -0.25) is 9.69 Å². The summed E-state index contributed by atoms with van der Waals surface area (Å²) in [6, 6.07) is 0.167. The van der Waals surface area contributed by atoms with Crippen molar-refractivity contribution in [1.29, 1.82) is 0 Å². The maximum atomic E-state index is 11.3. The molecule has 0 aliphatic heterocycles. The molecule has 1 fully saturated rings. The number of ether oxygens (including phenoxy) is 1. The average Bonchev–Trinajstić information content (AvgIpc) is 2.47. The third kappa shape index (κ3) is 2.29. The van der Waals surface area contributed by atoms with Crippen LogP contribution in [0, 0.1) is 0 Å². The highest BCUT2D eigenvalue weighted by molar-refractivity contribution is 5.85. The van der Waals surface area contributed by atoms with Gasteiger partial charge in [-0.05, 0) is 19.9 Å². The van der Waals surface area contributed by atoms with Gasteiger partial charge in [0.05, 0.1) is 12.6 Å². The van der Waals surface area contributed by atoms with E-state index in [2.05, 4.69) is 4.90 Å². The molecule has 0 aromatic rings. The maximum Gasteiger partial charge on any atom is 0.149 e. The van der Waals surface area contributed by atoms with Crippen LogP contribution in [0.5, 0.6) is 0 Å². The van der Waals surface area contributed by atoms with E-state index in [-0.39, 0.29) is 6.04 Å². The highest BCUT2D eigenvalue weighted by Crippen LogP contribution is 2.18. The second-order valence-electron chi connectivity index (χ2n) is 3.35. The third-order valence-electron chi connectivity index (χ3n) is 2.45. The first-order valence-electron chi connectivity index (χ1n) is 4.47. The third-order valence-corrected chi connectivity index (χ3v) is 2.45. The minimum absolute atomic E-state index is 0.167. The number of Topliss-reactive ketones (excluding diaryl/α,β-unsaturated/α-hetero) is 1. The lowest BCUT2D eigenvalue weighted by atomic mass is 10.2. The molecule has 0 N–H and O–H groups in total. The molecule has 0 amide bonds. The Morgan fingerprint density at radius 1 is 1.67 bits per heavy atom. The minimum Gasteiger partial charge on any atom is -0.383 e. The Balaban J connectivity index is 2.30. The standard InChI is InChI=1S/C9H17NO2/c1-10(6-7-12-2)8-4-3-5-9(8)11/h8H,3-7H2,1-2H3. The quantitative estimate of drug-likeness (QED) is 0.623. The van der Waals surface area contributed by atoms with Gasteiger partial charge in [-0.1, -0.05) is 0 Å². The summed E-state index contributed by atoms with van der Waals surface area (Å²) in [6.45, 7) is 1.56. The van der Waals surface area contributed by atoms with E-state index < -0.39 is 0 Å². The van der Waals surface area contributed by atoms with Crippen LogP contribution in [0.15, 0.2) is 0 Å². The molecule has 1 aliphatic carbocycles. The van der Waals surface area contributed by atoms with Gasteiger partial charge >= 0.3 is 0 Å². The molecular weight excluding hydrogens is 154 g/mol. The number of carbonyl (C=O) groups is 1. The van der Waals surface area contributed by atoms with E-state index >= 15 is 0 Å². The van der Waals surface area contributed by atoms with E-state index in [1.807, 2.05) is 7.05 Å². The van der Waals surface area contributed by atoms with Crippen molar-refractivity contribution in [2.24, 2.45) is 0 Å². The Labute approximate surface area is 73.7 Å². The van der Waals surface area contributed by atoms with Crippen LogP contribution in [0.3, 0.4) is 0 Å². The molecule has 3 nitrogen and oxygen atoms in total. The zero-order valence-corrected chi connectivity index (χ0v) is 7.88. The van der Waals surface area contributed by atoms with E-state index in [1.54, 1.807) is 7.11 Å². The largest absolute Gasteiger partial charge is 0.383 e. The number of hydrogen-bond acceptors (Lipinski definition) is 3. The zero-order valence-electron chi connectivity index (χ0n) is 7.88. The van der Waals surface area contributed by atoms with E-state index in [0.717, 1.165) is 25.8 Å². The minimum atomic E-state index is 0.167. The molecule has 0 heterocycles. The normalized spacial score (nSPS) is 23.9. The first-order valence-corrected chi connectivity index (χ1v) is 4.47. The Hall–Kier alpha value is -0.410. The van der Waals surface area contributed by atoms with Crippen molar-refractivity contribution in [3.05, 3.63) is 0 Å². The van der Waals surface area contributed by atoms with Crippen molar-refractivity contribution in [2.45, 2.75) is 25.3 Å². The number of hydrogen-bond donors (Lipinski definition) is 0. The number of nitrogens with zero attached hydrogens (tertiary/aromatic N) is 1. The predicted molar refractivity (Wildman–Crippen MR) is 47.2 cm³/mol. The van der Waals surface area contributed by atoms with E-state index in [0.29, 0.717) is 12.4 Å². The van der Waals surface area contributed by atoms with E-state index in [9.17, 15) is 4.79 Å². The van der Waals surface area contributed by atoms with E-state index in [4.69, 9.17) is 4.74 Å². The predicted octanol–water partition coefficient (Wildman–Crippen LogP) is 0.686. The van der Waals surface area contributed by atoms with Crippen LogP contribution in [0.1, 0.15) is 19.3 Å². The molecule has 0 radical (unpaired) electrons. The van der Waals surface area contributed by atoms with Gasteiger partial charge in [0.25, 0.3) is 0 Å². The van der Waals surface area contributed by atoms with Gasteiger partial charge in [-0.25, -0.2) is 0 Å². The Morgan fingerprint density at radius 2 is 2.42 bits per heavy atom. The molecule has 0 saturated heterocycles. The lowest BCUT2D eigenvalue weighted by molar-refractivity contribution is -0.121. The molecule has 1 rings (SSSR count). The van der Waals surface area contributed by atoms with Crippen LogP contribution in [-0.4, -0.2) is 44.0 Å². The molecule has 1 saturated carbocycles. The van der Waals surface area contributed by atoms with Crippen LogP contribution < -0.4 is 0 Å². The maximum absolute atomic E-state index is 11.3. The summed E-state index contributed by atoms with van der Waals surface area (Å²) in [5.74, 6) is 0.397.